The number of nitrogens with zero attached hydrogens (tertiary/aromatic N) is 2. The predicted molar refractivity (Wildman–Crippen MR) is 127 cm³/mol. The number of hydrogen-bond acceptors (Lipinski definition) is 2. The quantitative estimate of drug-likeness (QED) is 0.655. The van der Waals surface area contributed by atoms with E-state index in [2.05, 4.69) is 96.4 Å². The lowest BCUT2D eigenvalue weighted by Gasteiger charge is -2.20. The van der Waals surface area contributed by atoms with Crippen molar-refractivity contribution in [2.24, 2.45) is 0 Å². The van der Waals surface area contributed by atoms with Crippen LogP contribution in [-0.4, -0.2) is 38.5 Å². The largest absolute Gasteiger partial charge is 0.456 e. The van der Waals surface area contributed by atoms with Gasteiger partial charge in [0, 0.05) is 43.1 Å². The first-order valence-electron chi connectivity index (χ1n) is 10.1. The van der Waals surface area contributed by atoms with Crippen molar-refractivity contribution in [3.63, 3.8) is 0 Å². The molecule has 4 rings (SSSR count). The highest BCUT2D eigenvalue weighted by Gasteiger charge is 2.17. The third kappa shape index (κ3) is 4.20. The van der Waals surface area contributed by atoms with Crippen molar-refractivity contribution in [3.05, 3.63) is 114 Å². The number of ether oxygens (including phenoxy) is 1. The Morgan fingerprint density at radius 3 is 2.00 bits per heavy atom. The molecule has 2 aliphatic rings. The van der Waals surface area contributed by atoms with Crippen molar-refractivity contribution in [2.75, 3.05) is 33.1 Å². The molecule has 0 saturated heterocycles. The second kappa shape index (κ2) is 8.42. The van der Waals surface area contributed by atoms with Gasteiger partial charge in [0.25, 0.3) is 0 Å². The van der Waals surface area contributed by atoms with Crippen LogP contribution >= 0.6 is 0 Å². The SMILES string of the molecule is CN(C)c1ccc(C2=CC(=C3C=CC(=[N+](C)C)C=C3)OC(c3ccccc3)=C2)cc1. The Morgan fingerprint density at radius 1 is 0.733 bits per heavy atom. The lowest BCUT2D eigenvalue weighted by Crippen LogP contribution is -2.10. The molecule has 1 heterocycles. The molecule has 0 radical (unpaired) electrons. The highest BCUT2D eigenvalue weighted by Crippen LogP contribution is 2.34. The van der Waals surface area contributed by atoms with Gasteiger partial charge in [0.15, 0.2) is 5.71 Å². The summed E-state index contributed by atoms with van der Waals surface area (Å²) < 4.78 is 8.45. The summed E-state index contributed by atoms with van der Waals surface area (Å²) in [6.45, 7) is 0. The Labute approximate surface area is 178 Å². The maximum atomic E-state index is 6.35. The molecule has 2 aromatic rings. The molecule has 150 valence electrons. The van der Waals surface area contributed by atoms with Crippen LogP contribution < -0.4 is 4.90 Å². The lowest BCUT2D eigenvalue weighted by atomic mass is 9.98. The first kappa shape index (κ1) is 19.7. The summed E-state index contributed by atoms with van der Waals surface area (Å²) in [6.07, 6.45) is 12.7. The maximum absolute atomic E-state index is 6.35. The first-order chi connectivity index (χ1) is 14.5. The molecular formula is C27H27N2O+. The van der Waals surface area contributed by atoms with E-state index in [4.69, 9.17) is 4.74 Å². The van der Waals surface area contributed by atoms with Gasteiger partial charge in [-0.3, -0.25) is 0 Å². The lowest BCUT2D eigenvalue weighted by molar-refractivity contribution is -0.462. The van der Waals surface area contributed by atoms with Gasteiger partial charge >= 0.3 is 0 Å². The minimum absolute atomic E-state index is 0.855. The fourth-order valence-electron chi connectivity index (χ4n) is 3.43. The predicted octanol–water partition coefficient (Wildman–Crippen LogP) is 5.30. The summed E-state index contributed by atoms with van der Waals surface area (Å²) in [5.74, 6) is 1.71. The fraction of sp³-hybridized carbons (Fsp3) is 0.148. The van der Waals surface area contributed by atoms with E-state index in [1.807, 2.05) is 32.3 Å². The van der Waals surface area contributed by atoms with Crippen molar-refractivity contribution in [1.29, 1.82) is 0 Å². The Kier molecular flexibility index (Phi) is 5.53. The zero-order chi connectivity index (χ0) is 21.1. The number of allylic oxidation sites excluding steroid dienone is 8. The van der Waals surface area contributed by atoms with Gasteiger partial charge in [-0.2, -0.15) is 0 Å². The second-order valence-corrected chi connectivity index (χ2v) is 7.82. The third-order valence-electron chi connectivity index (χ3n) is 5.24. The Morgan fingerprint density at radius 2 is 1.40 bits per heavy atom. The molecule has 30 heavy (non-hydrogen) atoms. The van der Waals surface area contributed by atoms with Crippen LogP contribution in [0.25, 0.3) is 11.3 Å². The zero-order valence-corrected chi connectivity index (χ0v) is 18.0. The first-order valence-corrected chi connectivity index (χ1v) is 10.1. The molecule has 2 aromatic carbocycles. The summed E-state index contributed by atoms with van der Waals surface area (Å²) in [7, 11) is 8.20. The monoisotopic (exact) mass is 395 g/mol. The number of hydrogen-bond donors (Lipinski definition) is 0. The number of benzene rings is 2. The highest BCUT2D eigenvalue weighted by molar-refractivity contribution is 6.02. The van der Waals surface area contributed by atoms with E-state index in [0.717, 1.165) is 33.9 Å². The molecule has 3 heteroatoms. The molecule has 0 spiro atoms. The van der Waals surface area contributed by atoms with Crippen LogP contribution in [0.5, 0.6) is 0 Å². The summed E-state index contributed by atoms with van der Waals surface area (Å²) in [6, 6.07) is 18.9. The van der Waals surface area contributed by atoms with Crippen LogP contribution in [-0.2, 0) is 4.74 Å². The van der Waals surface area contributed by atoms with Crippen LogP contribution in [0.4, 0.5) is 5.69 Å². The van der Waals surface area contributed by atoms with Gasteiger partial charge in [0.1, 0.15) is 25.6 Å². The Hall–Kier alpha value is -3.59. The van der Waals surface area contributed by atoms with E-state index in [9.17, 15) is 0 Å². The molecule has 0 amide bonds. The van der Waals surface area contributed by atoms with Crippen molar-refractivity contribution < 1.29 is 9.31 Å². The molecule has 0 saturated carbocycles. The van der Waals surface area contributed by atoms with E-state index in [1.165, 1.54) is 11.3 Å². The topological polar surface area (TPSA) is 15.5 Å². The van der Waals surface area contributed by atoms with Crippen molar-refractivity contribution in [1.82, 2.24) is 0 Å². The fourth-order valence-corrected chi connectivity index (χ4v) is 3.43. The molecule has 0 unspecified atom stereocenters. The van der Waals surface area contributed by atoms with Gasteiger partial charge in [-0.05, 0) is 47.6 Å². The molecular weight excluding hydrogens is 368 g/mol. The van der Waals surface area contributed by atoms with Gasteiger partial charge in [0.2, 0.25) is 0 Å². The van der Waals surface area contributed by atoms with Gasteiger partial charge in [-0.1, -0.05) is 42.5 Å². The van der Waals surface area contributed by atoms with Crippen LogP contribution in [0.1, 0.15) is 11.1 Å². The molecule has 0 atom stereocenters. The average molecular weight is 396 g/mol. The molecule has 0 bridgehead atoms. The molecule has 3 nitrogen and oxygen atoms in total. The van der Waals surface area contributed by atoms with Crippen LogP contribution in [0.3, 0.4) is 0 Å². The van der Waals surface area contributed by atoms with E-state index in [-0.39, 0.29) is 0 Å². The van der Waals surface area contributed by atoms with Gasteiger partial charge in [0.05, 0.1) is 0 Å². The van der Waals surface area contributed by atoms with Crippen LogP contribution in [0.15, 0.2) is 102 Å². The van der Waals surface area contributed by atoms with Crippen LogP contribution in [0.2, 0.25) is 0 Å². The summed E-state index contributed by atoms with van der Waals surface area (Å²) in [5, 5.41) is 0. The third-order valence-corrected chi connectivity index (χ3v) is 5.24. The van der Waals surface area contributed by atoms with E-state index < -0.39 is 0 Å². The van der Waals surface area contributed by atoms with Gasteiger partial charge < -0.3 is 9.64 Å². The Bertz CT molecular complexity index is 1100. The minimum Gasteiger partial charge on any atom is -0.456 e. The van der Waals surface area contributed by atoms with E-state index in [1.54, 1.807) is 0 Å². The van der Waals surface area contributed by atoms with Gasteiger partial charge in [-0.15, -0.1) is 0 Å². The maximum Gasteiger partial charge on any atom is 0.199 e. The molecule has 1 aliphatic heterocycles. The van der Waals surface area contributed by atoms with Crippen molar-refractivity contribution >= 4 is 22.7 Å². The molecule has 1 aliphatic carbocycles. The second-order valence-electron chi connectivity index (χ2n) is 7.82. The van der Waals surface area contributed by atoms with Crippen molar-refractivity contribution in [3.8, 4) is 0 Å². The van der Waals surface area contributed by atoms with Crippen molar-refractivity contribution in [2.45, 2.75) is 0 Å². The zero-order valence-electron chi connectivity index (χ0n) is 18.0. The number of anilines is 1. The van der Waals surface area contributed by atoms with Gasteiger partial charge in [-0.25, -0.2) is 4.58 Å². The highest BCUT2D eigenvalue weighted by atomic mass is 16.5. The van der Waals surface area contributed by atoms with E-state index in [0.29, 0.717) is 0 Å². The summed E-state index contributed by atoms with van der Waals surface area (Å²) in [4.78, 5) is 2.11. The van der Waals surface area contributed by atoms with Crippen LogP contribution in [0, 0.1) is 0 Å². The standard InChI is InChI=1S/C27H27N2O/c1-28(2)24-14-10-20(11-15-24)23-18-26(21-8-6-5-7-9-21)30-27(19-23)22-12-16-25(17-13-22)29(3)4/h5-19H,1-4H3/q+1. The molecule has 0 aromatic heterocycles. The average Bonchev–Trinajstić information content (AvgIpc) is 2.79. The summed E-state index contributed by atoms with van der Waals surface area (Å²) in [5.41, 5.74) is 6.77. The normalized spacial score (nSPS) is 15.5. The number of rotatable bonds is 3. The summed E-state index contributed by atoms with van der Waals surface area (Å²) >= 11 is 0. The molecule has 0 N–H and O–H groups in total. The Balaban J connectivity index is 1.78. The minimum atomic E-state index is 0.855. The van der Waals surface area contributed by atoms with E-state index >= 15 is 0 Å². The molecule has 0 fully saturated rings. The smallest absolute Gasteiger partial charge is 0.199 e.